The summed E-state index contributed by atoms with van der Waals surface area (Å²) in [4.78, 5) is 25.8. The van der Waals surface area contributed by atoms with Gasteiger partial charge < -0.3 is 10.6 Å². The predicted octanol–water partition coefficient (Wildman–Crippen LogP) is 7.89. The van der Waals surface area contributed by atoms with Crippen molar-refractivity contribution in [2.24, 2.45) is 0 Å². The van der Waals surface area contributed by atoms with Crippen LogP contribution in [0.2, 0.25) is 10.0 Å². The molecule has 0 fully saturated rings. The van der Waals surface area contributed by atoms with Crippen molar-refractivity contribution in [2.45, 2.75) is 13.5 Å². The number of aryl methyl sites for hydroxylation is 1. The van der Waals surface area contributed by atoms with Crippen LogP contribution in [0.3, 0.4) is 0 Å². The average molecular weight is 681 g/mol. The Bertz CT molecular complexity index is 1560. The molecule has 3 aromatic carbocycles. The highest BCUT2D eigenvalue weighted by atomic mass is 79.9. The Kier molecular flexibility index (Phi) is 9.04. The molecule has 11 heteroatoms. The Labute approximate surface area is 245 Å². The summed E-state index contributed by atoms with van der Waals surface area (Å²) >= 11 is 19.1. The molecule has 2 N–H and O–H groups in total. The second-order valence-corrected chi connectivity index (χ2v) is 10.7. The third-order valence-electron chi connectivity index (χ3n) is 5.41. The molecule has 0 radical (unpaired) electrons. The van der Waals surface area contributed by atoms with Gasteiger partial charge in [0.15, 0.2) is 5.83 Å². The molecule has 0 saturated heterocycles. The number of carbonyl (C=O) groups excluding carboxylic acids is 2. The zero-order valence-electron chi connectivity index (χ0n) is 19.7. The van der Waals surface area contributed by atoms with Crippen molar-refractivity contribution in [3.63, 3.8) is 0 Å². The number of halogens is 5. The SMILES string of the molecule is Cc1cc(Br)cc(C=C(F)C(=O)NCc2ccccc2)c1NC(=O)c1cc(Br)nn1-c1ccc(Cl)cc1Cl. The van der Waals surface area contributed by atoms with Crippen LogP contribution in [-0.2, 0) is 11.3 Å². The summed E-state index contributed by atoms with van der Waals surface area (Å²) < 4.78 is 17.4. The smallest absolute Gasteiger partial charge is 0.280 e. The topological polar surface area (TPSA) is 76.0 Å². The minimum Gasteiger partial charge on any atom is -0.346 e. The highest BCUT2D eigenvalue weighted by Gasteiger charge is 2.20. The maximum absolute atomic E-state index is 14.9. The van der Waals surface area contributed by atoms with Crippen molar-refractivity contribution in [1.29, 1.82) is 0 Å². The standard InChI is InChI=1S/C27H19Br2Cl2FN4O2/c1-15-9-18(28)10-17(11-21(32)26(37)33-14-16-5-3-2-4-6-16)25(15)34-27(38)23-13-24(29)35-36(23)22-8-7-19(30)12-20(22)31/h2-13H,14H2,1H3,(H,33,37)(H,34,38). The highest BCUT2D eigenvalue weighted by Crippen LogP contribution is 2.30. The van der Waals surface area contributed by atoms with Gasteiger partial charge in [0.1, 0.15) is 10.3 Å². The van der Waals surface area contributed by atoms with Gasteiger partial charge in [0.05, 0.1) is 16.4 Å². The molecule has 6 nitrogen and oxygen atoms in total. The van der Waals surface area contributed by atoms with E-state index in [1.807, 2.05) is 30.3 Å². The number of hydrogen-bond acceptors (Lipinski definition) is 3. The van der Waals surface area contributed by atoms with Gasteiger partial charge in [0.2, 0.25) is 0 Å². The number of aromatic nitrogens is 2. The molecule has 0 aliphatic heterocycles. The van der Waals surface area contributed by atoms with E-state index in [0.717, 1.165) is 11.6 Å². The van der Waals surface area contributed by atoms with Crippen LogP contribution in [0.5, 0.6) is 0 Å². The van der Waals surface area contributed by atoms with E-state index in [1.165, 1.54) is 10.7 Å². The zero-order valence-corrected chi connectivity index (χ0v) is 24.4. The first-order chi connectivity index (χ1) is 18.1. The second-order valence-electron chi connectivity index (χ2n) is 8.16. The van der Waals surface area contributed by atoms with Crippen molar-refractivity contribution in [3.05, 3.63) is 114 Å². The van der Waals surface area contributed by atoms with Gasteiger partial charge in [-0.3, -0.25) is 9.59 Å². The van der Waals surface area contributed by atoms with Crippen LogP contribution in [-0.4, -0.2) is 21.6 Å². The number of nitrogens with one attached hydrogen (secondary N) is 2. The van der Waals surface area contributed by atoms with Crippen LogP contribution in [0.1, 0.15) is 27.2 Å². The van der Waals surface area contributed by atoms with Gasteiger partial charge in [-0.15, -0.1) is 0 Å². The van der Waals surface area contributed by atoms with E-state index in [2.05, 4.69) is 47.6 Å². The molecule has 0 saturated carbocycles. The lowest BCUT2D eigenvalue weighted by Crippen LogP contribution is -2.23. The molecule has 0 bridgehead atoms. The van der Waals surface area contributed by atoms with Gasteiger partial charge in [0.25, 0.3) is 11.8 Å². The van der Waals surface area contributed by atoms with Crippen molar-refractivity contribution in [2.75, 3.05) is 5.32 Å². The number of hydrogen-bond donors (Lipinski definition) is 2. The van der Waals surface area contributed by atoms with Crippen molar-refractivity contribution in [1.82, 2.24) is 15.1 Å². The maximum atomic E-state index is 14.9. The normalized spacial score (nSPS) is 11.4. The van der Waals surface area contributed by atoms with E-state index >= 15 is 0 Å². The molecule has 4 rings (SSSR count). The number of carbonyl (C=O) groups is 2. The number of benzene rings is 3. The zero-order chi connectivity index (χ0) is 27.4. The summed E-state index contributed by atoms with van der Waals surface area (Å²) in [5.41, 5.74) is 2.72. The van der Waals surface area contributed by atoms with Gasteiger partial charge in [-0.25, -0.2) is 9.07 Å². The van der Waals surface area contributed by atoms with E-state index < -0.39 is 17.6 Å². The number of nitrogens with zero attached hydrogens (tertiary/aromatic N) is 2. The third kappa shape index (κ3) is 6.71. The summed E-state index contributed by atoms with van der Waals surface area (Å²) in [6.45, 7) is 1.93. The summed E-state index contributed by atoms with van der Waals surface area (Å²) in [7, 11) is 0. The van der Waals surface area contributed by atoms with E-state index in [0.29, 0.717) is 41.6 Å². The Balaban J connectivity index is 1.62. The fourth-order valence-electron chi connectivity index (χ4n) is 3.65. The van der Waals surface area contributed by atoms with Gasteiger partial charge in [-0.2, -0.15) is 5.10 Å². The van der Waals surface area contributed by atoms with Gasteiger partial charge in [-0.05, 0) is 70.4 Å². The largest absolute Gasteiger partial charge is 0.346 e. The predicted molar refractivity (Wildman–Crippen MR) is 155 cm³/mol. The molecule has 0 spiro atoms. The monoisotopic (exact) mass is 678 g/mol. The second kappa shape index (κ2) is 12.3. The number of anilines is 1. The molecule has 0 aliphatic carbocycles. The van der Waals surface area contributed by atoms with Crippen LogP contribution < -0.4 is 10.6 Å². The van der Waals surface area contributed by atoms with E-state index in [9.17, 15) is 14.0 Å². The van der Waals surface area contributed by atoms with Crippen LogP contribution in [0, 0.1) is 6.92 Å². The first-order valence-corrected chi connectivity index (χ1v) is 13.5. The summed E-state index contributed by atoms with van der Waals surface area (Å²) in [6.07, 6.45) is 1.08. The molecule has 194 valence electrons. The lowest BCUT2D eigenvalue weighted by molar-refractivity contribution is -0.118. The van der Waals surface area contributed by atoms with Gasteiger partial charge in [0, 0.05) is 27.7 Å². The molecule has 38 heavy (non-hydrogen) atoms. The van der Waals surface area contributed by atoms with Crippen LogP contribution >= 0.6 is 55.1 Å². The number of rotatable bonds is 7. The lowest BCUT2D eigenvalue weighted by Gasteiger charge is -2.14. The minimum absolute atomic E-state index is 0.166. The van der Waals surface area contributed by atoms with E-state index in [-0.39, 0.29) is 12.2 Å². The summed E-state index contributed by atoms with van der Waals surface area (Å²) in [6, 6.07) is 18.9. The maximum Gasteiger partial charge on any atom is 0.280 e. The Morgan fingerprint density at radius 3 is 2.50 bits per heavy atom. The van der Waals surface area contributed by atoms with Crippen LogP contribution in [0.15, 0.2) is 81.6 Å². The number of amides is 2. The molecule has 0 unspecified atom stereocenters. The Hall–Kier alpha value is -2.98. The lowest BCUT2D eigenvalue weighted by atomic mass is 10.1. The Morgan fingerprint density at radius 1 is 1.05 bits per heavy atom. The molecule has 0 atom stereocenters. The molecule has 1 heterocycles. The van der Waals surface area contributed by atoms with Gasteiger partial charge >= 0.3 is 0 Å². The highest BCUT2D eigenvalue weighted by molar-refractivity contribution is 9.10. The molecule has 0 aliphatic rings. The molecule has 1 aromatic heterocycles. The fraction of sp³-hybridized carbons (Fsp3) is 0.0741. The molecular formula is C27H19Br2Cl2FN4O2. The fourth-order valence-corrected chi connectivity index (χ4v) is 5.10. The first kappa shape index (κ1) is 28.0. The molecule has 2 amide bonds. The van der Waals surface area contributed by atoms with E-state index in [1.54, 1.807) is 37.3 Å². The third-order valence-corrected chi connectivity index (χ3v) is 6.80. The van der Waals surface area contributed by atoms with Crippen LogP contribution in [0.25, 0.3) is 11.8 Å². The summed E-state index contributed by atoms with van der Waals surface area (Å²) in [5.74, 6) is -2.40. The van der Waals surface area contributed by atoms with E-state index in [4.69, 9.17) is 23.2 Å². The summed E-state index contributed by atoms with van der Waals surface area (Å²) in [5, 5.41) is 10.4. The van der Waals surface area contributed by atoms with Crippen LogP contribution in [0.4, 0.5) is 10.1 Å². The Morgan fingerprint density at radius 2 is 1.79 bits per heavy atom. The molecule has 4 aromatic rings. The quantitative estimate of drug-likeness (QED) is 0.195. The van der Waals surface area contributed by atoms with Crippen molar-refractivity contribution >= 4 is 78.6 Å². The van der Waals surface area contributed by atoms with Crippen molar-refractivity contribution < 1.29 is 14.0 Å². The molecular weight excluding hydrogens is 662 g/mol. The first-order valence-electron chi connectivity index (χ1n) is 11.1. The van der Waals surface area contributed by atoms with Crippen molar-refractivity contribution in [3.8, 4) is 5.69 Å². The minimum atomic E-state index is -1.00. The average Bonchev–Trinajstić information content (AvgIpc) is 3.26. The van der Waals surface area contributed by atoms with Gasteiger partial charge in [-0.1, -0.05) is 69.5 Å².